The van der Waals surface area contributed by atoms with Crippen LogP contribution in [0.1, 0.15) is 24.4 Å². The van der Waals surface area contributed by atoms with Crippen LogP contribution in [0.4, 0.5) is 16.2 Å². The monoisotopic (exact) mass is 526 g/mol. The molecule has 0 bridgehead atoms. The molecule has 2 aromatic heterocycles. The van der Waals surface area contributed by atoms with E-state index in [1.807, 2.05) is 36.4 Å². The molecule has 0 spiro atoms. The molecular weight excluding hydrogens is 500 g/mol. The lowest BCUT2D eigenvalue weighted by molar-refractivity contribution is -0.129. The van der Waals surface area contributed by atoms with Gasteiger partial charge in [0.25, 0.3) is 0 Å². The third-order valence-corrected chi connectivity index (χ3v) is 8.40. The standard InChI is InChI=1S/C28H26N6O3S/c1-2-22(35)33-12-6-9-19(16-33)31-26(36)25-24-23-21(10-11-30-27(23)38-25)34(28(37)32-24)20-13-18(14-29-15-20)17-7-4-3-5-8-17/h2-5,7-8,10-11,13-15,19,24-25H,1,6,9,12,16H2,(H,31,36)(H,32,37)/t19?,24?,25-/m1/s1. The van der Waals surface area contributed by atoms with Gasteiger partial charge in [-0.3, -0.25) is 19.5 Å². The molecule has 3 aliphatic rings. The minimum atomic E-state index is -0.566. The lowest BCUT2D eigenvalue weighted by atomic mass is 9.99. The van der Waals surface area contributed by atoms with Gasteiger partial charge < -0.3 is 15.5 Å². The van der Waals surface area contributed by atoms with Crippen LogP contribution in [0.5, 0.6) is 0 Å². The minimum Gasteiger partial charge on any atom is -0.351 e. The summed E-state index contributed by atoms with van der Waals surface area (Å²) in [6, 6.07) is 12.6. The fraction of sp³-hybridized carbons (Fsp3) is 0.250. The molecule has 3 atom stereocenters. The number of thioether (sulfide) groups is 1. The summed E-state index contributed by atoms with van der Waals surface area (Å²) in [4.78, 5) is 51.2. The summed E-state index contributed by atoms with van der Waals surface area (Å²) in [7, 11) is 0. The van der Waals surface area contributed by atoms with Crippen molar-refractivity contribution in [2.45, 2.75) is 35.2 Å². The Hall–Kier alpha value is -4.18. The highest BCUT2D eigenvalue weighted by Gasteiger charge is 2.47. The van der Waals surface area contributed by atoms with E-state index >= 15 is 0 Å². The summed E-state index contributed by atoms with van der Waals surface area (Å²) in [5.41, 5.74) is 4.04. The number of urea groups is 1. The van der Waals surface area contributed by atoms with Gasteiger partial charge in [-0.25, -0.2) is 9.78 Å². The van der Waals surface area contributed by atoms with Gasteiger partial charge >= 0.3 is 6.03 Å². The zero-order valence-electron chi connectivity index (χ0n) is 20.5. The summed E-state index contributed by atoms with van der Waals surface area (Å²) < 4.78 is 0. The third kappa shape index (κ3) is 4.30. The molecule has 3 aromatic rings. The second kappa shape index (κ2) is 9.94. The molecule has 2 N–H and O–H groups in total. The first kappa shape index (κ1) is 24.2. The highest BCUT2D eigenvalue weighted by Crippen LogP contribution is 2.50. The normalized spacial score (nSPS) is 21.9. The van der Waals surface area contributed by atoms with E-state index in [0.717, 1.165) is 34.6 Å². The average Bonchev–Trinajstić information content (AvgIpc) is 3.33. The quantitative estimate of drug-likeness (QED) is 0.490. The Morgan fingerprint density at radius 2 is 2.00 bits per heavy atom. The van der Waals surface area contributed by atoms with E-state index in [1.54, 1.807) is 34.5 Å². The molecule has 4 amide bonds. The second-order valence-corrected chi connectivity index (χ2v) is 10.6. The number of anilines is 2. The number of nitrogens with zero attached hydrogens (tertiary/aromatic N) is 4. The Kier molecular flexibility index (Phi) is 6.32. The van der Waals surface area contributed by atoms with Crippen LogP contribution in [0, 0.1) is 0 Å². The van der Waals surface area contributed by atoms with Gasteiger partial charge in [0.1, 0.15) is 10.3 Å². The van der Waals surface area contributed by atoms with Crippen molar-refractivity contribution >= 4 is 41.0 Å². The van der Waals surface area contributed by atoms with Gasteiger partial charge in [-0.1, -0.05) is 48.7 Å². The molecule has 1 fully saturated rings. The van der Waals surface area contributed by atoms with Gasteiger partial charge in [0.2, 0.25) is 11.8 Å². The number of amides is 4. The summed E-state index contributed by atoms with van der Waals surface area (Å²) in [5, 5.41) is 6.31. The van der Waals surface area contributed by atoms with Crippen molar-refractivity contribution in [3.05, 3.63) is 79.3 Å². The smallest absolute Gasteiger partial charge is 0.327 e. The molecule has 0 radical (unpaired) electrons. The van der Waals surface area contributed by atoms with Crippen molar-refractivity contribution in [2.75, 3.05) is 18.0 Å². The van der Waals surface area contributed by atoms with Gasteiger partial charge in [0.05, 0.1) is 23.6 Å². The lowest BCUT2D eigenvalue weighted by Gasteiger charge is -2.35. The number of aromatic nitrogens is 2. The number of piperidine rings is 1. The number of nitrogens with one attached hydrogen (secondary N) is 2. The predicted octanol–water partition coefficient (Wildman–Crippen LogP) is 3.81. The highest BCUT2D eigenvalue weighted by molar-refractivity contribution is 8.01. The van der Waals surface area contributed by atoms with Gasteiger partial charge in [-0.2, -0.15) is 0 Å². The fourth-order valence-electron chi connectivity index (χ4n) is 5.33. The second-order valence-electron chi connectivity index (χ2n) is 9.48. The van der Waals surface area contributed by atoms with Crippen molar-refractivity contribution in [1.82, 2.24) is 25.5 Å². The van der Waals surface area contributed by atoms with Gasteiger partial charge in [0, 0.05) is 42.7 Å². The first-order valence-electron chi connectivity index (χ1n) is 12.5. The Labute approximate surface area is 224 Å². The van der Waals surface area contributed by atoms with E-state index < -0.39 is 11.3 Å². The van der Waals surface area contributed by atoms with E-state index in [0.29, 0.717) is 24.5 Å². The molecule has 9 nitrogen and oxygen atoms in total. The van der Waals surface area contributed by atoms with Crippen LogP contribution in [-0.4, -0.2) is 57.1 Å². The van der Waals surface area contributed by atoms with E-state index in [2.05, 4.69) is 27.2 Å². The zero-order chi connectivity index (χ0) is 26.2. The lowest BCUT2D eigenvalue weighted by Crippen LogP contribution is -2.53. The van der Waals surface area contributed by atoms with E-state index in [1.165, 1.54) is 17.8 Å². The van der Waals surface area contributed by atoms with Crippen LogP contribution in [-0.2, 0) is 9.59 Å². The number of rotatable bonds is 5. The third-order valence-electron chi connectivity index (χ3n) is 7.11. The van der Waals surface area contributed by atoms with Crippen molar-refractivity contribution < 1.29 is 14.4 Å². The first-order valence-corrected chi connectivity index (χ1v) is 13.4. The van der Waals surface area contributed by atoms with Crippen LogP contribution in [0.25, 0.3) is 11.1 Å². The predicted molar refractivity (Wildman–Crippen MR) is 145 cm³/mol. The van der Waals surface area contributed by atoms with Crippen LogP contribution < -0.4 is 15.5 Å². The topological polar surface area (TPSA) is 108 Å². The highest BCUT2D eigenvalue weighted by atomic mass is 32.2. The molecule has 2 unspecified atom stereocenters. The van der Waals surface area contributed by atoms with Gasteiger partial charge in [0.15, 0.2) is 0 Å². The molecule has 192 valence electrons. The van der Waals surface area contributed by atoms with E-state index in [9.17, 15) is 14.4 Å². The molecule has 0 aliphatic carbocycles. The molecule has 1 saturated heterocycles. The summed E-state index contributed by atoms with van der Waals surface area (Å²) in [6.07, 6.45) is 7.99. The Morgan fingerprint density at radius 1 is 1.16 bits per heavy atom. The van der Waals surface area contributed by atoms with Crippen LogP contribution in [0.2, 0.25) is 0 Å². The SMILES string of the molecule is C=CC(=O)N1CCCC(NC(=O)[C@@H]2Sc3nccc4c3C2NC(=O)N4c2cncc(-c3ccccc3)c2)C1. The van der Waals surface area contributed by atoms with Crippen LogP contribution in [0.3, 0.4) is 0 Å². The maximum atomic E-state index is 13.5. The Balaban J connectivity index is 1.26. The number of likely N-dealkylation sites (tertiary alicyclic amines) is 1. The van der Waals surface area contributed by atoms with Crippen molar-refractivity contribution in [2.24, 2.45) is 0 Å². The molecule has 5 heterocycles. The summed E-state index contributed by atoms with van der Waals surface area (Å²) in [6.45, 7) is 4.66. The maximum Gasteiger partial charge on any atom is 0.327 e. The number of pyridine rings is 2. The number of benzene rings is 1. The van der Waals surface area contributed by atoms with E-state index in [-0.39, 0.29) is 23.9 Å². The molecular formula is C28H26N6O3S. The molecule has 38 heavy (non-hydrogen) atoms. The number of carbonyl (C=O) groups excluding carboxylic acids is 3. The molecule has 6 rings (SSSR count). The Bertz CT molecular complexity index is 1430. The molecule has 3 aliphatic heterocycles. The number of hydrogen-bond donors (Lipinski definition) is 2. The number of carbonyl (C=O) groups is 3. The fourth-order valence-corrected chi connectivity index (χ4v) is 6.56. The average molecular weight is 527 g/mol. The summed E-state index contributed by atoms with van der Waals surface area (Å²) >= 11 is 1.35. The largest absolute Gasteiger partial charge is 0.351 e. The first-order chi connectivity index (χ1) is 18.5. The molecule has 10 heteroatoms. The number of hydrogen-bond acceptors (Lipinski definition) is 6. The van der Waals surface area contributed by atoms with Crippen molar-refractivity contribution in [3.63, 3.8) is 0 Å². The molecule has 1 aromatic carbocycles. The zero-order valence-corrected chi connectivity index (χ0v) is 21.4. The van der Waals surface area contributed by atoms with Crippen molar-refractivity contribution in [3.8, 4) is 11.1 Å². The van der Waals surface area contributed by atoms with Crippen LogP contribution >= 0.6 is 11.8 Å². The summed E-state index contributed by atoms with van der Waals surface area (Å²) in [5.74, 6) is -0.311. The minimum absolute atomic E-state index is 0.133. The van der Waals surface area contributed by atoms with Gasteiger partial charge in [-0.05, 0) is 36.6 Å². The van der Waals surface area contributed by atoms with Crippen molar-refractivity contribution in [1.29, 1.82) is 0 Å². The maximum absolute atomic E-state index is 13.5. The van der Waals surface area contributed by atoms with Gasteiger partial charge in [-0.15, -0.1) is 0 Å². The molecule has 0 saturated carbocycles. The van der Waals surface area contributed by atoms with E-state index in [4.69, 9.17) is 0 Å². The van der Waals surface area contributed by atoms with Crippen LogP contribution in [0.15, 0.2) is 78.7 Å². The Morgan fingerprint density at radius 3 is 2.82 bits per heavy atom.